The van der Waals surface area contributed by atoms with E-state index in [1.54, 1.807) is 25.4 Å². The highest BCUT2D eigenvalue weighted by atomic mass is 19.1. The summed E-state index contributed by atoms with van der Waals surface area (Å²) in [5.74, 6) is -0.424. The highest BCUT2D eigenvalue weighted by molar-refractivity contribution is 5.44. The molecule has 2 rings (SSSR count). The number of aromatic hydroxyl groups is 1. The largest absolute Gasteiger partial charge is 0.508 e. The van der Waals surface area contributed by atoms with Crippen LogP contribution in [0.1, 0.15) is 12.5 Å². The Hall–Kier alpha value is -1.84. The Balaban J connectivity index is 2.60. The molecule has 0 saturated heterocycles. The molecule has 0 atom stereocenters. The quantitative estimate of drug-likeness (QED) is 0.818. The molecule has 0 spiro atoms. The molecule has 4 heteroatoms. The van der Waals surface area contributed by atoms with E-state index in [1.807, 2.05) is 0 Å². The predicted octanol–water partition coefficient (Wildman–Crippen LogP) is 2.28. The summed E-state index contributed by atoms with van der Waals surface area (Å²) in [5, 5.41) is 13.4. The minimum Gasteiger partial charge on any atom is -0.508 e. The fraction of sp³-hybridized carbons (Fsp3) is 0.182. The molecule has 3 nitrogen and oxygen atoms in total. The Morgan fingerprint density at radius 2 is 2.27 bits per heavy atom. The topological polar surface area (TPSA) is 38.0 Å². The molecule has 0 amide bonds. The number of phenolic OH excluding ortho intramolecular Hbond substituents is 1. The van der Waals surface area contributed by atoms with E-state index in [2.05, 4.69) is 5.10 Å². The van der Waals surface area contributed by atoms with Crippen LogP contribution in [0.15, 0.2) is 30.6 Å². The van der Waals surface area contributed by atoms with Crippen LogP contribution in [0.3, 0.4) is 0 Å². The van der Waals surface area contributed by atoms with Crippen LogP contribution in [0.25, 0.3) is 5.69 Å². The third-order valence-corrected chi connectivity index (χ3v) is 2.30. The van der Waals surface area contributed by atoms with Gasteiger partial charge >= 0.3 is 0 Å². The van der Waals surface area contributed by atoms with E-state index in [0.717, 1.165) is 0 Å². The fourth-order valence-corrected chi connectivity index (χ4v) is 1.52. The van der Waals surface area contributed by atoms with Crippen molar-refractivity contribution < 1.29 is 9.50 Å². The van der Waals surface area contributed by atoms with Crippen molar-refractivity contribution in [2.24, 2.45) is 0 Å². The average Bonchev–Trinajstić information content (AvgIpc) is 2.71. The number of hydrogen-bond acceptors (Lipinski definition) is 2. The molecule has 15 heavy (non-hydrogen) atoms. The van der Waals surface area contributed by atoms with Gasteiger partial charge in [0, 0.05) is 18.0 Å². The van der Waals surface area contributed by atoms with Crippen molar-refractivity contribution in [2.45, 2.75) is 13.3 Å². The first-order valence-electron chi connectivity index (χ1n) is 4.74. The Morgan fingerprint density at radius 1 is 1.47 bits per heavy atom. The Kier molecular flexibility index (Phi) is 2.41. The van der Waals surface area contributed by atoms with Crippen LogP contribution < -0.4 is 0 Å². The molecule has 0 radical (unpaired) electrons. The molecule has 2 aromatic rings. The van der Waals surface area contributed by atoms with Crippen LogP contribution in [0.4, 0.5) is 4.39 Å². The molecule has 0 bridgehead atoms. The standard InChI is InChI=1S/C11H11FN2O/c1-2-8-10(15)5-4-9(11(8)12)14-7-3-6-13-14/h3-7,15H,2H2,1H3. The van der Waals surface area contributed by atoms with Gasteiger partial charge in [-0.1, -0.05) is 6.92 Å². The molecular formula is C11H11FN2O. The molecule has 1 N–H and O–H groups in total. The molecule has 78 valence electrons. The molecule has 1 aromatic heterocycles. The van der Waals surface area contributed by atoms with Crippen LogP contribution in [0, 0.1) is 5.82 Å². The van der Waals surface area contributed by atoms with E-state index in [9.17, 15) is 9.50 Å². The van der Waals surface area contributed by atoms with Gasteiger partial charge < -0.3 is 5.11 Å². The predicted molar refractivity (Wildman–Crippen MR) is 54.6 cm³/mol. The van der Waals surface area contributed by atoms with Gasteiger partial charge in [0.15, 0.2) is 5.82 Å². The van der Waals surface area contributed by atoms with Crippen molar-refractivity contribution in [1.29, 1.82) is 0 Å². The highest BCUT2D eigenvalue weighted by Crippen LogP contribution is 2.25. The fourth-order valence-electron chi connectivity index (χ4n) is 1.52. The summed E-state index contributed by atoms with van der Waals surface area (Å²) in [4.78, 5) is 0. The highest BCUT2D eigenvalue weighted by Gasteiger charge is 2.12. The first kappa shape index (κ1) is 9.71. The lowest BCUT2D eigenvalue weighted by molar-refractivity contribution is 0.458. The van der Waals surface area contributed by atoms with Gasteiger partial charge in [-0.15, -0.1) is 0 Å². The molecule has 0 fully saturated rings. The first-order valence-corrected chi connectivity index (χ1v) is 4.74. The van der Waals surface area contributed by atoms with Crippen molar-refractivity contribution in [3.63, 3.8) is 0 Å². The smallest absolute Gasteiger partial charge is 0.155 e. The van der Waals surface area contributed by atoms with Gasteiger partial charge in [-0.3, -0.25) is 0 Å². The number of nitrogens with zero attached hydrogens (tertiary/aromatic N) is 2. The van der Waals surface area contributed by atoms with E-state index in [4.69, 9.17) is 0 Å². The van der Waals surface area contributed by atoms with Crippen LogP contribution in [0.5, 0.6) is 5.75 Å². The van der Waals surface area contributed by atoms with Gasteiger partial charge in [-0.05, 0) is 24.6 Å². The molecule has 1 heterocycles. The summed E-state index contributed by atoms with van der Waals surface area (Å²) in [6.45, 7) is 1.80. The SMILES string of the molecule is CCc1c(O)ccc(-n2cccn2)c1F. The molecule has 0 aliphatic carbocycles. The van der Waals surface area contributed by atoms with Crippen LogP contribution >= 0.6 is 0 Å². The van der Waals surface area contributed by atoms with Crippen LogP contribution in [-0.2, 0) is 6.42 Å². The van der Waals surface area contributed by atoms with Crippen LogP contribution in [-0.4, -0.2) is 14.9 Å². The second-order valence-corrected chi connectivity index (χ2v) is 3.20. The second kappa shape index (κ2) is 3.73. The third-order valence-electron chi connectivity index (χ3n) is 2.30. The maximum absolute atomic E-state index is 13.9. The van der Waals surface area contributed by atoms with Gasteiger partial charge in [-0.25, -0.2) is 9.07 Å². The molecule has 0 unspecified atom stereocenters. The monoisotopic (exact) mass is 206 g/mol. The normalized spacial score (nSPS) is 10.5. The van der Waals surface area contributed by atoms with Crippen LogP contribution in [0.2, 0.25) is 0 Å². The molecule has 0 aliphatic rings. The second-order valence-electron chi connectivity index (χ2n) is 3.20. The minimum absolute atomic E-state index is 0.00842. The number of halogens is 1. The van der Waals surface area contributed by atoms with Gasteiger partial charge in [0.2, 0.25) is 0 Å². The van der Waals surface area contributed by atoms with E-state index < -0.39 is 5.82 Å². The molecule has 0 saturated carbocycles. The van der Waals surface area contributed by atoms with Crippen molar-refractivity contribution in [2.75, 3.05) is 0 Å². The van der Waals surface area contributed by atoms with E-state index in [0.29, 0.717) is 17.7 Å². The summed E-state index contributed by atoms with van der Waals surface area (Å²) in [6, 6.07) is 4.72. The van der Waals surface area contributed by atoms with Crippen molar-refractivity contribution in [3.8, 4) is 11.4 Å². The van der Waals surface area contributed by atoms with Gasteiger partial charge in [0.05, 0.1) is 0 Å². The molecule has 0 aliphatic heterocycles. The van der Waals surface area contributed by atoms with Gasteiger partial charge in [-0.2, -0.15) is 5.10 Å². The summed E-state index contributed by atoms with van der Waals surface area (Å²) in [5.41, 5.74) is 0.678. The zero-order valence-electron chi connectivity index (χ0n) is 8.31. The zero-order valence-corrected chi connectivity index (χ0v) is 8.31. The lowest BCUT2D eigenvalue weighted by Crippen LogP contribution is -2.01. The summed E-state index contributed by atoms with van der Waals surface area (Å²) >= 11 is 0. The zero-order chi connectivity index (χ0) is 10.8. The molecule has 1 aromatic carbocycles. The molecular weight excluding hydrogens is 195 g/mol. The van der Waals surface area contributed by atoms with E-state index >= 15 is 0 Å². The summed E-state index contributed by atoms with van der Waals surface area (Å²) in [7, 11) is 0. The maximum Gasteiger partial charge on any atom is 0.155 e. The number of hydrogen-bond donors (Lipinski definition) is 1. The minimum atomic E-state index is -0.416. The summed E-state index contributed by atoms with van der Waals surface area (Å²) < 4.78 is 15.3. The average molecular weight is 206 g/mol. The number of rotatable bonds is 2. The lowest BCUT2D eigenvalue weighted by atomic mass is 10.1. The Labute approximate surface area is 86.8 Å². The number of phenols is 1. The van der Waals surface area contributed by atoms with Gasteiger partial charge in [0.25, 0.3) is 0 Å². The van der Waals surface area contributed by atoms with Crippen molar-refractivity contribution >= 4 is 0 Å². The van der Waals surface area contributed by atoms with E-state index in [1.165, 1.54) is 16.8 Å². The van der Waals surface area contributed by atoms with Gasteiger partial charge in [0.1, 0.15) is 11.4 Å². The van der Waals surface area contributed by atoms with Crippen molar-refractivity contribution in [3.05, 3.63) is 42.0 Å². The summed E-state index contributed by atoms with van der Waals surface area (Å²) in [6.07, 6.45) is 3.69. The maximum atomic E-state index is 13.9. The van der Waals surface area contributed by atoms with E-state index in [-0.39, 0.29) is 5.75 Å². The number of benzene rings is 1. The first-order chi connectivity index (χ1) is 7.24. The van der Waals surface area contributed by atoms with Crippen molar-refractivity contribution in [1.82, 2.24) is 9.78 Å². The Morgan fingerprint density at radius 3 is 2.87 bits per heavy atom. The lowest BCUT2D eigenvalue weighted by Gasteiger charge is -2.08. The third kappa shape index (κ3) is 1.58. The number of aromatic nitrogens is 2. The Bertz CT molecular complexity index is 466.